The van der Waals surface area contributed by atoms with E-state index in [-0.39, 0.29) is 18.0 Å². The molecule has 1 amide bonds. The van der Waals surface area contributed by atoms with Gasteiger partial charge in [0.15, 0.2) is 6.29 Å². The third-order valence-electron chi connectivity index (χ3n) is 1.85. The summed E-state index contributed by atoms with van der Waals surface area (Å²) in [5.74, 6) is -0.137. The highest BCUT2D eigenvalue weighted by Crippen LogP contribution is 2.02. The molecule has 0 saturated carbocycles. The van der Waals surface area contributed by atoms with Crippen molar-refractivity contribution in [2.24, 2.45) is 0 Å². The molecule has 0 aliphatic carbocycles. The first-order chi connectivity index (χ1) is 5.65. The average molecular weight is 174 g/mol. The highest BCUT2D eigenvalue weighted by atomic mass is 16.7. The van der Waals surface area contributed by atoms with Crippen molar-refractivity contribution in [3.63, 3.8) is 0 Å². The minimum Gasteiger partial charge on any atom is -0.365 e. The van der Waals surface area contributed by atoms with Gasteiger partial charge in [0.2, 0.25) is 5.91 Å². The number of aliphatic hydroxyl groups excluding tert-OH is 1. The zero-order valence-electron chi connectivity index (χ0n) is 7.20. The van der Waals surface area contributed by atoms with E-state index in [1.807, 2.05) is 6.92 Å². The lowest BCUT2D eigenvalue weighted by Gasteiger charge is -2.13. The maximum absolute atomic E-state index is 11.2. The Morgan fingerprint density at radius 1 is 1.67 bits per heavy atom. The normalized spacial score (nSPS) is 37.2. The zero-order valence-corrected chi connectivity index (χ0v) is 7.20. The van der Waals surface area contributed by atoms with Gasteiger partial charge in [0.05, 0.1) is 6.04 Å². The minimum absolute atomic E-state index is 0.137. The van der Waals surface area contributed by atoms with Crippen molar-refractivity contribution in [2.45, 2.75) is 38.6 Å². The van der Waals surface area contributed by atoms with Crippen molar-refractivity contribution in [1.82, 2.24) is 10.8 Å². The predicted molar refractivity (Wildman–Crippen MR) is 41.9 cm³/mol. The number of hydrogen-bond donors (Lipinski definition) is 3. The van der Waals surface area contributed by atoms with Crippen LogP contribution < -0.4 is 10.8 Å². The molecular weight excluding hydrogens is 160 g/mol. The SMILES string of the molecule is CCC1NOC(O)C(C)NC1=O. The van der Waals surface area contributed by atoms with Gasteiger partial charge in [-0.05, 0) is 13.3 Å². The van der Waals surface area contributed by atoms with Gasteiger partial charge >= 0.3 is 0 Å². The van der Waals surface area contributed by atoms with Crippen LogP contribution in [0.15, 0.2) is 0 Å². The molecule has 1 heterocycles. The summed E-state index contributed by atoms with van der Waals surface area (Å²) in [7, 11) is 0. The Labute approximate surface area is 71.0 Å². The first kappa shape index (κ1) is 9.44. The van der Waals surface area contributed by atoms with Crippen molar-refractivity contribution in [1.29, 1.82) is 0 Å². The van der Waals surface area contributed by atoms with Crippen LogP contribution in [0.4, 0.5) is 0 Å². The van der Waals surface area contributed by atoms with E-state index in [1.54, 1.807) is 6.92 Å². The van der Waals surface area contributed by atoms with E-state index in [9.17, 15) is 9.90 Å². The molecule has 1 fully saturated rings. The van der Waals surface area contributed by atoms with Gasteiger partial charge in [-0.2, -0.15) is 5.48 Å². The first-order valence-corrected chi connectivity index (χ1v) is 4.04. The Bertz CT molecular complexity index is 174. The van der Waals surface area contributed by atoms with E-state index in [4.69, 9.17) is 4.84 Å². The van der Waals surface area contributed by atoms with Crippen LogP contribution in [0.1, 0.15) is 20.3 Å². The van der Waals surface area contributed by atoms with Crippen molar-refractivity contribution < 1.29 is 14.7 Å². The van der Waals surface area contributed by atoms with Gasteiger partial charge in [-0.25, -0.2) is 0 Å². The number of nitrogens with one attached hydrogen (secondary N) is 2. The molecule has 0 aromatic carbocycles. The summed E-state index contributed by atoms with van der Waals surface area (Å²) in [4.78, 5) is 16.0. The fourth-order valence-electron chi connectivity index (χ4n) is 0.972. The summed E-state index contributed by atoms with van der Waals surface area (Å²) in [5.41, 5.74) is 2.50. The third kappa shape index (κ3) is 1.94. The van der Waals surface area contributed by atoms with Crippen molar-refractivity contribution in [2.75, 3.05) is 0 Å². The van der Waals surface area contributed by atoms with Crippen molar-refractivity contribution in [3.8, 4) is 0 Å². The number of carbonyl (C=O) groups excluding carboxylic acids is 1. The maximum atomic E-state index is 11.2. The van der Waals surface area contributed by atoms with Crippen molar-refractivity contribution in [3.05, 3.63) is 0 Å². The molecule has 3 atom stereocenters. The monoisotopic (exact) mass is 174 g/mol. The Morgan fingerprint density at radius 3 is 2.92 bits per heavy atom. The second-order valence-corrected chi connectivity index (χ2v) is 2.88. The average Bonchev–Trinajstić information content (AvgIpc) is 2.14. The van der Waals surface area contributed by atoms with Crippen LogP contribution in [0.25, 0.3) is 0 Å². The van der Waals surface area contributed by atoms with E-state index >= 15 is 0 Å². The molecule has 70 valence electrons. The fraction of sp³-hybridized carbons (Fsp3) is 0.857. The molecule has 12 heavy (non-hydrogen) atoms. The molecule has 5 nitrogen and oxygen atoms in total. The fourth-order valence-corrected chi connectivity index (χ4v) is 0.972. The van der Waals surface area contributed by atoms with Crippen LogP contribution in [0.3, 0.4) is 0 Å². The molecule has 0 aromatic heterocycles. The molecule has 1 rings (SSSR count). The van der Waals surface area contributed by atoms with E-state index in [1.165, 1.54) is 0 Å². The summed E-state index contributed by atoms with van der Waals surface area (Å²) in [6, 6.07) is -0.744. The number of amides is 1. The van der Waals surface area contributed by atoms with E-state index in [0.717, 1.165) is 0 Å². The zero-order chi connectivity index (χ0) is 9.14. The van der Waals surface area contributed by atoms with Gasteiger partial charge in [0.1, 0.15) is 6.04 Å². The van der Waals surface area contributed by atoms with Crippen LogP contribution in [0.5, 0.6) is 0 Å². The number of hydrogen-bond acceptors (Lipinski definition) is 4. The lowest BCUT2D eigenvalue weighted by molar-refractivity contribution is -0.157. The Morgan fingerprint density at radius 2 is 2.33 bits per heavy atom. The second-order valence-electron chi connectivity index (χ2n) is 2.88. The number of hydroxylamine groups is 1. The van der Waals surface area contributed by atoms with Crippen LogP contribution in [-0.4, -0.2) is 29.4 Å². The first-order valence-electron chi connectivity index (χ1n) is 4.04. The summed E-state index contributed by atoms with van der Waals surface area (Å²) in [6.07, 6.45) is -0.351. The van der Waals surface area contributed by atoms with Gasteiger partial charge in [-0.15, -0.1) is 0 Å². The molecule has 1 saturated heterocycles. The smallest absolute Gasteiger partial charge is 0.239 e. The Balaban J connectivity index is 2.59. The Hall–Kier alpha value is -0.650. The van der Waals surface area contributed by atoms with Gasteiger partial charge < -0.3 is 10.4 Å². The van der Waals surface area contributed by atoms with Crippen LogP contribution >= 0.6 is 0 Å². The molecular formula is C7H14N2O3. The third-order valence-corrected chi connectivity index (χ3v) is 1.85. The summed E-state index contributed by atoms with van der Waals surface area (Å²) in [6.45, 7) is 3.55. The summed E-state index contributed by atoms with van der Waals surface area (Å²) >= 11 is 0. The standard InChI is InChI=1S/C7H14N2O3/c1-3-5-6(10)8-4(2)7(11)12-9-5/h4-5,7,9,11H,3H2,1-2H3,(H,8,10). The van der Waals surface area contributed by atoms with E-state index in [0.29, 0.717) is 6.42 Å². The summed E-state index contributed by atoms with van der Waals surface area (Å²) < 4.78 is 0. The van der Waals surface area contributed by atoms with E-state index in [2.05, 4.69) is 10.8 Å². The highest BCUT2D eigenvalue weighted by molar-refractivity contribution is 5.81. The molecule has 3 N–H and O–H groups in total. The molecule has 1 aliphatic heterocycles. The maximum Gasteiger partial charge on any atom is 0.239 e. The molecule has 0 spiro atoms. The van der Waals surface area contributed by atoms with Crippen LogP contribution in [0.2, 0.25) is 0 Å². The van der Waals surface area contributed by atoms with Crippen LogP contribution in [0, 0.1) is 0 Å². The lowest BCUT2D eigenvalue weighted by atomic mass is 10.2. The minimum atomic E-state index is -0.981. The van der Waals surface area contributed by atoms with Gasteiger partial charge in [-0.3, -0.25) is 9.63 Å². The largest absolute Gasteiger partial charge is 0.365 e. The second kappa shape index (κ2) is 3.84. The Kier molecular flexibility index (Phi) is 3.02. The van der Waals surface area contributed by atoms with Gasteiger partial charge in [0.25, 0.3) is 0 Å². The van der Waals surface area contributed by atoms with Gasteiger partial charge in [-0.1, -0.05) is 6.92 Å². The predicted octanol–water partition coefficient (Wildman–Crippen LogP) is -0.877. The molecule has 0 aromatic rings. The number of aliphatic hydroxyl groups is 1. The topological polar surface area (TPSA) is 70.6 Å². The number of rotatable bonds is 1. The van der Waals surface area contributed by atoms with E-state index < -0.39 is 6.29 Å². The number of carbonyl (C=O) groups is 1. The molecule has 3 unspecified atom stereocenters. The lowest BCUT2D eigenvalue weighted by Crippen LogP contribution is -2.43. The summed E-state index contributed by atoms with van der Waals surface area (Å²) in [5, 5.41) is 11.8. The molecule has 1 aliphatic rings. The van der Waals surface area contributed by atoms with Crippen molar-refractivity contribution >= 4 is 5.91 Å². The molecule has 0 radical (unpaired) electrons. The molecule has 0 bridgehead atoms. The highest BCUT2D eigenvalue weighted by Gasteiger charge is 2.27. The molecule has 5 heteroatoms. The van der Waals surface area contributed by atoms with Gasteiger partial charge in [0, 0.05) is 0 Å². The quantitative estimate of drug-likeness (QED) is 0.483. The van der Waals surface area contributed by atoms with Crippen LogP contribution in [-0.2, 0) is 9.63 Å².